The number of rotatable bonds is 5. The summed E-state index contributed by atoms with van der Waals surface area (Å²) in [7, 11) is 2.06. The molecule has 35 heavy (non-hydrogen) atoms. The molecule has 3 aromatic rings. The van der Waals surface area contributed by atoms with Crippen LogP contribution in [-0.2, 0) is 17.8 Å². The molecule has 2 aromatic carbocycles. The fourth-order valence-electron chi connectivity index (χ4n) is 6.45. The summed E-state index contributed by atoms with van der Waals surface area (Å²) in [5, 5.41) is 4.39. The molecular weight excluding hydrogens is 438 g/mol. The van der Waals surface area contributed by atoms with Gasteiger partial charge in [0, 0.05) is 37.1 Å². The highest BCUT2D eigenvalue weighted by molar-refractivity contribution is 6.02. The van der Waals surface area contributed by atoms with Gasteiger partial charge in [-0.15, -0.1) is 0 Å². The van der Waals surface area contributed by atoms with Crippen molar-refractivity contribution < 1.29 is 9.59 Å². The van der Waals surface area contributed by atoms with Crippen molar-refractivity contribution in [2.45, 2.75) is 44.9 Å². The Hall–Kier alpha value is -3.32. The van der Waals surface area contributed by atoms with Crippen LogP contribution in [0.1, 0.15) is 47.5 Å². The molecule has 0 spiro atoms. The van der Waals surface area contributed by atoms with Gasteiger partial charge in [0.25, 0.3) is 5.91 Å². The van der Waals surface area contributed by atoms with E-state index in [1.165, 1.54) is 17.4 Å². The molecule has 7 nitrogen and oxygen atoms in total. The third kappa shape index (κ3) is 3.52. The van der Waals surface area contributed by atoms with Crippen molar-refractivity contribution in [2.24, 2.45) is 0 Å². The molecule has 0 bridgehead atoms. The molecular formula is C28H33N5O2. The minimum absolute atomic E-state index is 0.0267. The second kappa shape index (κ2) is 8.72. The van der Waals surface area contributed by atoms with Crippen molar-refractivity contribution in [3.05, 3.63) is 65.4 Å². The number of hydrogen-bond acceptors (Lipinski definition) is 4. The van der Waals surface area contributed by atoms with E-state index < -0.39 is 0 Å². The lowest BCUT2D eigenvalue weighted by Crippen LogP contribution is -2.51. The Morgan fingerprint density at radius 1 is 1.09 bits per heavy atom. The Morgan fingerprint density at radius 3 is 2.74 bits per heavy atom. The Labute approximate surface area is 206 Å². The van der Waals surface area contributed by atoms with Crippen LogP contribution in [0.2, 0.25) is 0 Å². The molecule has 2 unspecified atom stereocenters. The fourth-order valence-corrected chi connectivity index (χ4v) is 6.45. The summed E-state index contributed by atoms with van der Waals surface area (Å²) in [6.45, 7) is 5.94. The van der Waals surface area contributed by atoms with Crippen molar-refractivity contribution in [1.29, 1.82) is 0 Å². The molecule has 7 heteroatoms. The topological polar surface area (TPSA) is 60.8 Å². The van der Waals surface area contributed by atoms with Crippen LogP contribution in [0.5, 0.6) is 0 Å². The zero-order chi connectivity index (χ0) is 24.1. The number of nitrogens with one attached hydrogen (secondary N) is 1. The largest absolute Gasteiger partial charge is 0.353 e. The van der Waals surface area contributed by atoms with E-state index in [4.69, 9.17) is 0 Å². The molecule has 182 valence electrons. The fraction of sp³-hybridized carbons (Fsp3) is 0.429. The first-order valence-corrected chi connectivity index (χ1v) is 12.8. The maximum atomic E-state index is 13.5. The second-order valence-corrected chi connectivity index (χ2v) is 9.95. The quantitative estimate of drug-likeness (QED) is 0.620. The van der Waals surface area contributed by atoms with Crippen LogP contribution >= 0.6 is 0 Å². The van der Waals surface area contributed by atoms with Crippen molar-refractivity contribution in [1.82, 2.24) is 19.7 Å². The number of aromatic nitrogens is 1. The SMILES string of the molecule is CCN1CCCC1CNC(=O)Cn1c2c(c3ccccc31)CCN1C(=O)c3ccccc3N(C)C21. The first-order valence-electron chi connectivity index (χ1n) is 12.8. The first kappa shape index (κ1) is 22.2. The molecule has 1 N–H and O–H groups in total. The predicted molar refractivity (Wildman–Crippen MR) is 138 cm³/mol. The summed E-state index contributed by atoms with van der Waals surface area (Å²) in [5.74, 6) is 0.0929. The first-order chi connectivity index (χ1) is 17.1. The monoisotopic (exact) mass is 471 g/mol. The molecule has 2 atom stereocenters. The predicted octanol–water partition coefficient (Wildman–Crippen LogP) is 3.39. The number of amides is 2. The van der Waals surface area contributed by atoms with Gasteiger partial charge in [-0.3, -0.25) is 14.5 Å². The van der Waals surface area contributed by atoms with E-state index in [2.05, 4.69) is 51.9 Å². The van der Waals surface area contributed by atoms with Crippen LogP contribution in [0.15, 0.2) is 48.5 Å². The van der Waals surface area contributed by atoms with Crippen molar-refractivity contribution >= 4 is 28.4 Å². The van der Waals surface area contributed by atoms with Gasteiger partial charge in [0.1, 0.15) is 12.7 Å². The standard InChI is InChI=1S/C28H33N5O2/c1-3-31-15-8-9-19(31)17-29-25(34)18-33-24-13-7-4-10-20(24)21-14-16-32-27(26(21)33)30(2)23-12-6-5-11-22(23)28(32)35/h4-7,10-13,19,27H,3,8-9,14-18H2,1-2H3,(H,29,34). The summed E-state index contributed by atoms with van der Waals surface area (Å²) in [5.41, 5.74) is 5.06. The minimum Gasteiger partial charge on any atom is -0.353 e. The van der Waals surface area contributed by atoms with Crippen LogP contribution in [0, 0.1) is 0 Å². The van der Waals surface area contributed by atoms with E-state index in [0.717, 1.165) is 48.4 Å². The van der Waals surface area contributed by atoms with Gasteiger partial charge in [0.2, 0.25) is 5.91 Å². The van der Waals surface area contributed by atoms with Gasteiger partial charge < -0.3 is 19.7 Å². The van der Waals surface area contributed by atoms with Crippen LogP contribution in [0.25, 0.3) is 10.9 Å². The maximum absolute atomic E-state index is 13.5. The Balaban J connectivity index is 1.37. The number of anilines is 1. The number of carbonyl (C=O) groups is 2. The summed E-state index contributed by atoms with van der Waals surface area (Å²) in [6, 6.07) is 16.6. The highest BCUT2D eigenvalue weighted by atomic mass is 16.2. The molecule has 0 radical (unpaired) electrons. The van der Waals surface area contributed by atoms with E-state index in [1.807, 2.05) is 35.2 Å². The highest BCUT2D eigenvalue weighted by Gasteiger charge is 2.42. The smallest absolute Gasteiger partial charge is 0.257 e. The Kier molecular flexibility index (Phi) is 5.52. The number of hydrogen-bond donors (Lipinski definition) is 1. The molecule has 0 saturated carbocycles. The van der Waals surface area contributed by atoms with E-state index in [-0.39, 0.29) is 24.5 Å². The number of para-hydroxylation sites is 2. The van der Waals surface area contributed by atoms with Gasteiger partial charge in [-0.05, 0) is 56.1 Å². The number of likely N-dealkylation sites (N-methyl/N-ethyl adjacent to an activating group) is 1. The summed E-state index contributed by atoms with van der Waals surface area (Å²) in [4.78, 5) is 33.3. The summed E-state index contributed by atoms with van der Waals surface area (Å²) < 4.78 is 2.15. The number of carbonyl (C=O) groups excluding carboxylic acids is 2. The molecule has 0 aliphatic carbocycles. The highest BCUT2D eigenvalue weighted by Crippen LogP contribution is 2.44. The summed E-state index contributed by atoms with van der Waals surface area (Å²) in [6.07, 6.45) is 2.89. The van der Waals surface area contributed by atoms with Crippen LogP contribution in [0.4, 0.5) is 5.69 Å². The molecule has 3 aliphatic rings. The summed E-state index contributed by atoms with van der Waals surface area (Å²) >= 11 is 0. The van der Waals surface area contributed by atoms with Crippen molar-refractivity contribution in [2.75, 3.05) is 38.1 Å². The maximum Gasteiger partial charge on any atom is 0.257 e. The van der Waals surface area contributed by atoms with Crippen LogP contribution in [-0.4, -0.2) is 65.4 Å². The lowest BCUT2D eigenvalue weighted by atomic mass is 9.96. The second-order valence-electron chi connectivity index (χ2n) is 9.95. The molecule has 6 rings (SSSR count). The van der Waals surface area contributed by atoms with Crippen molar-refractivity contribution in [3.8, 4) is 0 Å². The van der Waals surface area contributed by atoms with Gasteiger partial charge in [-0.2, -0.15) is 0 Å². The molecule has 4 heterocycles. The van der Waals surface area contributed by atoms with Gasteiger partial charge in [-0.25, -0.2) is 0 Å². The molecule has 3 aliphatic heterocycles. The van der Waals surface area contributed by atoms with Gasteiger partial charge in [0.05, 0.1) is 16.9 Å². The lowest BCUT2D eigenvalue weighted by Gasteiger charge is -2.46. The Morgan fingerprint density at radius 2 is 1.89 bits per heavy atom. The third-order valence-corrected chi connectivity index (χ3v) is 8.15. The van der Waals surface area contributed by atoms with Crippen LogP contribution in [0.3, 0.4) is 0 Å². The molecule has 1 fully saturated rings. The van der Waals surface area contributed by atoms with Crippen molar-refractivity contribution in [3.63, 3.8) is 0 Å². The zero-order valence-corrected chi connectivity index (χ0v) is 20.5. The number of nitrogens with zero attached hydrogens (tertiary/aromatic N) is 4. The van der Waals surface area contributed by atoms with Gasteiger partial charge in [-0.1, -0.05) is 37.3 Å². The normalized spacial score (nSPS) is 21.7. The van der Waals surface area contributed by atoms with E-state index in [9.17, 15) is 9.59 Å². The molecule has 2 amide bonds. The average Bonchev–Trinajstić information content (AvgIpc) is 3.48. The lowest BCUT2D eigenvalue weighted by molar-refractivity contribution is -0.121. The van der Waals surface area contributed by atoms with E-state index in [1.54, 1.807) is 0 Å². The zero-order valence-electron chi connectivity index (χ0n) is 20.5. The Bertz CT molecular complexity index is 1300. The van der Waals surface area contributed by atoms with Gasteiger partial charge >= 0.3 is 0 Å². The van der Waals surface area contributed by atoms with E-state index in [0.29, 0.717) is 19.1 Å². The third-order valence-electron chi connectivity index (χ3n) is 8.15. The molecule has 1 aromatic heterocycles. The molecule has 1 saturated heterocycles. The van der Waals surface area contributed by atoms with Crippen LogP contribution < -0.4 is 10.2 Å². The van der Waals surface area contributed by atoms with E-state index >= 15 is 0 Å². The number of likely N-dealkylation sites (tertiary alicyclic amines) is 1. The number of benzene rings is 2. The minimum atomic E-state index is -0.230. The number of fused-ring (bicyclic) bond motifs is 6. The van der Waals surface area contributed by atoms with Gasteiger partial charge in [0.15, 0.2) is 0 Å². The average molecular weight is 472 g/mol.